The molecule has 2 nitrogen and oxygen atoms in total. The maximum absolute atomic E-state index is 11.9. The van der Waals surface area contributed by atoms with Crippen LogP contribution in [0.15, 0.2) is 0 Å². The van der Waals surface area contributed by atoms with Gasteiger partial charge in [0.25, 0.3) is 0 Å². The van der Waals surface area contributed by atoms with Crippen molar-refractivity contribution in [2.45, 2.75) is 51.4 Å². The topological polar surface area (TPSA) is 21.3 Å². The molecule has 1 rings (SSSR count). The maximum atomic E-state index is 11.9. The Hall–Kier alpha value is -0.290. The van der Waals surface area contributed by atoms with Crippen molar-refractivity contribution in [3.05, 3.63) is 0 Å². The van der Waals surface area contributed by atoms with Crippen molar-refractivity contribution >= 4 is 0 Å². The second-order valence-electron chi connectivity index (χ2n) is 5.01. The number of methoxy groups -OCH3 is 1. The van der Waals surface area contributed by atoms with Gasteiger partial charge in [-0.15, -0.1) is 0 Å². The summed E-state index contributed by atoms with van der Waals surface area (Å²) in [7, 11) is 1.67. The fourth-order valence-corrected chi connectivity index (χ4v) is 2.20. The third-order valence-electron chi connectivity index (χ3n) is 3.49. The Morgan fingerprint density at radius 3 is 2.44 bits per heavy atom. The van der Waals surface area contributed by atoms with Crippen LogP contribution in [0.1, 0.15) is 33.1 Å². The van der Waals surface area contributed by atoms with Crippen LogP contribution < -0.4 is 5.32 Å². The molecule has 0 saturated heterocycles. The summed E-state index contributed by atoms with van der Waals surface area (Å²) < 4.78 is 41.0. The number of alkyl halides is 3. The highest BCUT2D eigenvalue weighted by Crippen LogP contribution is 2.42. The summed E-state index contributed by atoms with van der Waals surface area (Å²) in [6.45, 7) is 4.57. The van der Waals surface area contributed by atoms with E-state index in [0.717, 1.165) is 6.42 Å². The van der Waals surface area contributed by atoms with Crippen LogP contribution in [0.25, 0.3) is 0 Å². The Labute approximate surface area is 94.5 Å². The van der Waals surface area contributed by atoms with Crippen molar-refractivity contribution in [1.29, 1.82) is 0 Å². The average Bonchev–Trinajstić information content (AvgIpc) is 2.13. The third kappa shape index (κ3) is 3.35. The van der Waals surface area contributed by atoms with Gasteiger partial charge >= 0.3 is 6.18 Å². The van der Waals surface area contributed by atoms with E-state index in [1.807, 2.05) is 0 Å². The second kappa shape index (κ2) is 4.92. The lowest BCUT2D eigenvalue weighted by Crippen LogP contribution is -2.60. The van der Waals surface area contributed by atoms with Crippen molar-refractivity contribution in [2.75, 3.05) is 13.7 Å². The summed E-state index contributed by atoms with van der Waals surface area (Å²) in [6, 6.07) is 0.269. The van der Waals surface area contributed by atoms with Crippen molar-refractivity contribution in [1.82, 2.24) is 5.32 Å². The minimum atomic E-state index is -4.04. The van der Waals surface area contributed by atoms with Gasteiger partial charge in [-0.25, -0.2) is 0 Å². The molecule has 0 radical (unpaired) electrons. The third-order valence-corrected chi connectivity index (χ3v) is 3.49. The zero-order valence-corrected chi connectivity index (χ0v) is 10.0. The van der Waals surface area contributed by atoms with Crippen molar-refractivity contribution < 1.29 is 17.9 Å². The number of hydrogen-bond donors (Lipinski definition) is 1. The summed E-state index contributed by atoms with van der Waals surface area (Å²) in [5, 5.41) is 3.17. The summed E-state index contributed by atoms with van der Waals surface area (Å²) >= 11 is 0. The molecule has 16 heavy (non-hydrogen) atoms. The van der Waals surface area contributed by atoms with E-state index in [4.69, 9.17) is 4.74 Å². The van der Waals surface area contributed by atoms with Gasteiger partial charge in [-0.1, -0.05) is 13.8 Å². The largest absolute Gasteiger partial charge is 0.389 e. The molecule has 1 aliphatic carbocycles. The van der Waals surface area contributed by atoms with Crippen LogP contribution in [0.5, 0.6) is 0 Å². The van der Waals surface area contributed by atoms with E-state index >= 15 is 0 Å². The van der Waals surface area contributed by atoms with Crippen LogP contribution in [-0.2, 0) is 4.74 Å². The molecule has 1 saturated carbocycles. The van der Waals surface area contributed by atoms with Gasteiger partial charge in [0.15, 0.2) is 0 Å². The van der Waals surface area contributed by atoms with Crippen molar-refractivity contribution in [2.24, 2.45) is 5.41 Å². The SMILES string of the molecule is COC1CC(NCCCC(F)(F)F)C1(C)C. The molecule has 0 spiro atoms. The number of rotatable bonds is 5. The molecule has 96 valence electrons. The first-order valence-electron chi connectivity index (χ1n) is 5.60. The van der Waals surface area contributed by atoms with Crippen LogP contribution in [0.3, 0.4) is 0 Å². The standard InChI is InChI=1S/C11H20F3NO/c1-10(2)8(7-9(10)16-3)15-6-4-5-11(12,13)14/h8-9,15H,4-7H2,1-3H3. The molecule has 0 bridgehead atoms. The van der Waals surface area contributed by atoms with E-state index < -0.39 is 12.6 Å². The lowest BCUT2D eigenvalue weighted by Gasteiger charge is -2.51. The molecule has 0 aromatic carbocycles. The summed E-state index contributed by atoms with van der Waals surface area (Å²) in [6.07, 6.45) is -3.50. The first-order chi connectivity index (χ1) is 7.27. The van der Waals surface area contributed by atoms with E-state index in [-0.39, 0.29) is 24.0 Å². The summed E-state index contributed by atoms with van der Waals surface area (Å²) in [5.74, 6) is 0. The van der Waals surface area contributed by atoms with Gasteiger partial charge in [0.1, 0.15) is 0 Å². The highest BCUT2D eigenvalue weighted by Gasteiger charge is 2.48. The molecule has 0 heterocycles. The van der Waals surface area contributed by atoms with E-state index in [2.05, 4.69) is 19.2 Å². The Bertz CT molecular complexity index is 228. The molecular weight excluding hydrogens is 219 g/mol. The van der Waals surface area contributed by atoms with E-state index in [1.165, 1.54) is 0 Å². The van der Waals surface area contributed by atoms with Crippen molar-refractivity contribution in [3.63, 3.8) is 0 Å². The average molecular weight is 239 g/mol. The Morgan fingerprint density at radius 2 is 2.00 bits per heavy atom. The summed E-state index contributed by atoms with van der Waals surface area (Å²) in [4.78, 5) is 0. The molecule has 0 amide bonds. The quantitative estimate of drug-likeness (QED) is 0.745. The monoisotopic (exact) mass is 239 g/mol. The van der Waals surface area contributed by atoms with Gasteiger partial charge in [0.05, 0.1) is 6.10 Å². The van der Waals surface area contributed by atoms with Gasteiger partial charge in [0, 0.05) is 25.0 Å². The van der Waals surface area contributed by atoms with Crippen LogP contribution in [-0.4, -0.2) is 32.0 Å². The van der Waals surface area contributed by atoms with Crippen LogP contribution in [0.2, 0.25) is 0 Å². The smallest absolute Gasteiger partial charge is 0.381 e. The Morgan fingerprint density at radius 1 is 1.38 bits per heavy atom. The van der Waals surface area contributed by atoms with E-state index in [1.54, 1.807) is 7.11 Å². The first kappa shape index (κ1) is 13.8. The molecule has 5 heteroatoms. The second-order valence-corrected chi connectivity index (χ2v) is 5.01. The summed E-state index contributed by atoms with van der Waals surface area (Å²) in [5.41, 5.74) is 0.0208. The minimum absolute atomic E-state index is 0.0208. The Balaban J connectivity index is 2.16. The number of hydrogen-bond acceptors (Lipinski definition) is 2. The predicted octanol–water partition coefficient (Wildman–Crippen LogP) is 2.73. The molecule has 1 N–H and O–H groups in total. The van der Waals surface area contributed by atoms with E-state index in [9.17, 15) is 13.2 Å². The molecule has 0 aromatic rings. The van der Waals surface area contributed by atoms with Crippen LogP contribution >= 0.6 is 0 Å². The Kier molecular flexibility index (Phi) is 4.23. The normalized spacial score (nSPS) is 28.9. The number of nitrogens with one attached hydrogen (secondary N) is 1. The van der Waals surface area contributed by atoms with E-state index in [0.29, 0.717) is 6.54 Å². The maximum Gasteiger partial charge on any atom is 0.389 e. The molecule has 1 aliphatic rings. The fraction of sp³-hybridized carbons (Fsp3) is 1.00. The predicted molar refractivity (Wildman–Crippen MR) is 56.3 cm³/mol. The molecule has 1 fully saturated rings. The number of halogens is 3. The highest BCUT2D eigenvalue weighted by atomic mass is 19.4. The zero-order valence-electron chi connectivity index (χ0n) is 10.0. The van der Waals surface area contributed by atoms with Crippen LogP contribution in [0.4, 0.5) is 13.2 Å². The first-order valence-corrected chi connectivity index (χ1v) is 5.60. The molecular formula is C11H20F3NO. The van der Waals surface area contributed by atoms with Gasteiger partial charge in [-0.2, -0.15) is 13.2 Å². The fourth-order valence-electron chi connectivity index (χ4n) is 2.20. The minimum Gasteiger partial charge on any atom is -0.381 e. The molecule has 0 aromatic heterocycles. The zero-order chi connectivity index (χ0) is 12.4. The van der Waals surface area contributed by atoms with Gasteiger partial charge in [-0.05, 0) is 19.4 Å². The highest BCUT2D eigenvalue weighted by molar-refractivity contribution is 5.02. The van der Waals surface area contributed by atoms with Crippen LogP contribution in [0, 0.1) is 5.41 Å². The number of ether oxygens (including phenoxy) is 1. The molecule has 0 aliphatic heterocycles. The lowest BCUT2D eigenvalue weighted by atomic mass is 9.64. The lowest BCUT2D eigenvalue weighted by molar-refractivity contribution is -0.136. The van der Waals surface area contributed by atoms with Gasteiger partial charge < -0.3 is 10.1 Å². The molecule has 2 unspecified atom stereocenters. The van der Waals surface area contributed by atoms with Crippen molar-refractivity contribution in [3.8, 4) is 0 Å². The molecule has 2 atom stereocenters. The van der Waals surface area contributed by atoms with Gasteiger partial charge in [-0.3, -0.25) is 0 Å². The van der Waals surface area contributed by atoms with Gasteiger partial charge in [0.2, 0.25) is 0 Å².